The molecule has 0 spiro atoms. The molecule has 0 aliphatic carbocycles. The number of likely N-dealkylation sites (tertiary alicyclic amines) is 1. The molecular weight excluding hydrogens is 202 g/mol. The van der Waals surface area contributed by atoms with Crippen LogP contribution in [0.5, 0.6) is 0 Å². The molecule has 2 heterocycles. The first kappa shape index (κ1) is 11.5. The fourth-order valence-corrected chi connectivity index (χ4v) is 2.52. The molecule has 16 heavy (non-hydrogen) atoms. The lowest BCUT2D eigenvalue weighted by Crippen LogP contribution is -2.34. The fourth-order valence-electron chi connectivity index (χ4n) is 2.52. The van der Waals surface area contributed by atoms with Crippen LogP contribution in [-0.2, 0) is 6.54 Å². The van der Waals surface area contributed by atoms with E-state index in [1.165, 1.54) is 0 Å². The molecule has 0 amide bonds. The van der Waals surface area contributed by atoms with Crippen molar-refractivity contribution in [2.75, 3.05) is 13.1 Å². The molecule has 0 bridgehead atoms. The third-order valence-corrected chi connectivity index (χ3v) is 3.27. The highest BCUT2D eigenvalue weighted by Crippen LogP contribution is 2.29. The van der Waals surface area contributed by atoms with Crippen LogP contribution in [0.2, 0.25) is 0 Å². The number of hydrogen-bond donors (Lipinski definition) is 1. The zero-order valence-corrected chi connectivity index (χ0v) is 10.1. The number of hydrogen-bond acceptors (Lipinski definition) is 4. The van der Waals surface area contributed by atoms with Crippen LogP contribution in [-0.4, -0.2) is 38.8 Å². The highest BCUT2D eigenvalue weighted by Gasteiger charge is 2.35. The quantitative estimate of drug-likeness (QED) is 0.819. The van der Waals surface area contributed by atoms with E-state index in [-0.39, 0.29) is 12.1 Å². The summed E-state index contributed by atoms with van der Waals surface area (Å²) in [7, 11) is 0. The summed E-state index contributed by atoms with van der Waals surface area (Å²) in [5.41, 5.74) is 6.19. The average molecular weight is 223 g/mol. The fraction of sp³-hybridized carbons (Fsp3) is 0.818. The maximum atomic E-state index is 6.19. The largest absolute Gasteiger partial charge is 0.326 e. The van der Waals surface area contributed by atoms with Crippen LogP contribution in [0.25, 0.3) is 0 Å². The lowest BCUT2D eigenvalue weighted by atomic mass is 10.1. The van der Waals surface area contributed by atoms with Crippen LogP contribution in [0.15, 0.2) is 6.33 Å². The maximum Gasteiger partial charge on any atom is 0.145 e. The molecule has 2 rings (SSSR count). The van der Waals surface area contributed by atoms with Crippen LogP contribution < -0.4 is 5.73 Å². The number of aromatic nitrogens is 3. The topological polar surface area (TPSA) is 60.0 Å². The van der Waals surface area contributed by atoms with Gasteiger partial charge in [0.05, 0.1) is 6.04 Å². The van der Waals surface area contributed by atoms with Gasteiger partial charge >= 0.3 is 0 Å². The van der Waals surface area contributed by atoms with Crippen molar-refractivity contribution >= 4 is 0 Å². The van der Waals surface area contributed by atoms with Gasteiger partial charge in [-0.3, -0.25) is 4.90 Å². The summed E-state index contributed by atoms with van der Waals surface area (Å²) in [6.07, 6.45) is 3.85. The van der Waals surface area contributed by atoms with Crippen molar-refractivity contribution in [2.24, 2.45) is 5.73 Å². The predicted octanol–water partition coefficient (Wildman–Crippen LogP) is 0.782. The van der Waals surface area contributed by atoms with Crippen LogP contribution in [0.3, 0.4) is 0 Å². The van der Waals surface area contributed by atoms with E-state index in [2.05, 4.69) is 28.8 Å². The molecule has 1 saturated heterocycles. The Labute approximate surface area is 96.6 Å². The molecule has 1 aliphatic heterocycles. The monoisotopic (exact) mass is 223 g/mol. The van der Waals surface area contributed by atoms with Gasteiger partial charge in [0.15, 0.2) is 0 Å². The number of aryl methyl sites for hydroxylation is 1. The van der Waals surface area contributed by atoms with Crippen molar-refractivity contribution in [3.63, 3.8) is 0 Å². The summed E-state index contributed by atoms with van der Waals surface area (Å²) in [5.74, 6) is 1.03. The molecule has 1 aromatic heterocycles. The van der Waals surface area contributed by atoms with E-state index < -0.39 is 0 Å². The van der Waals surface area contributed by atoms with Crippen molar-refractivity contribution < 1.29 is 0 Å². The molecule has 5 heteroatoms. The third-order valence-electron chi connectivity index (χ3n) is 3.27. The van der Waals surface area contributed by atoms with E-state index in [1.54, 1.807) is 6.33 Å². The number of rotatable bonds is 4. The van der Waals surface area contributed by atoms with Crippen molar-refractivity contribution in [1.82, 2.24) is 19.7 Å². The summed E-state index contributed by atoms with van der Waals surface area (Å²) in [5, 5.41) is 4.23. The van der Waals surface area contributed by atoms with Gasteiger partial charge in [-0.05, 0) is 26.3 Å². The Morgan fingerprint density at radius 1 is 1.50 bits per heavy atom. The Morgan fingerprint density at radius 3 is 3.00 bits per heavy atom. The highest BCUT2D eigenvalue weighted by molar-refractivity contribution is 5.04. The van der Waals surface area contributed by atoms with Gasteiger partial charge < -0.3 is 5.73 Å². The van der Waals surface area contributed by atoms with Crippen LogP contribution in [0.4, 0.5) is 0 Å². The normalized spacial score (nSPS) is 26.4. The Kier molecular flexibility index (Phi) is 3.56. The zero-order chi connectivity index (χ0) is 11.5. The first-order chi connectivity index (χ1) is 7.77. The summed E-state index contributed by atoms with van der Waals surface area (Å²) in [4.78, 5) is 6.81. The van der Waals surface area contributed by atoms with Crippen LogP contribution in [0.1, 0.15) is 38.6 Å². The smallest absolute Gasteiger partial charge is 0.145 e. The molecule has 1 fully saturated rings. The minimum Gasteiger partial charge on any atom is -0.326 e. The molecule has 5 nitrogen and oxygen atoms in total. The molecule has 2 N–H and O–H groups in total. The number of nitrogens with two attached hydrogens (primary N) is 1. The second kappa shape index (κ2) is 4.93. The maximum absolute atomic E-state index is 6.19. The lowest BCUT2D eigenvalue weighted by molar-refractivity contribution is 0.232. The predicted molar refractivity (Wildman–Crippen MR) is 62.9 cm³/mol. The van der Waals surface area contributed by atoms with E-state index in [0.717, 1.165) is 38.3 Å². The lowest BCUT2D eigenvalue weighted by Gasteiger charge is -2.25. The summed E-state index contributed by atoms with van der Waals surface area (Å²) in [6, 6.07) is 0.448. The average Bonchev–Trinajstić information content (AvgIpc) is 2.85. The number of nitrogens with zero attached hydrogens (tertiary/aromatic N) is 4. The molecule has 1 aromatic rings. The highest BCUT2D eigenvalue weighted by atomic mass is 15.4. The summed E-state index contributed by atoms with van der Waals surface area (Å²) < 4.78 is 1.96. The molecule has 0 unspecified atom stereocenters. The standard InChI is InChI=1S/C11H21N5/c1-3-6-15-7-5-9(12)10(15)11-13-8-14-16(11)4-2/h8-10H,3-7,12H2,1-2H3/t9-,10-/m0/s1. The van der Waals surface area contributed by atoms with Crippen LogP contribution in [0, 0.1) is 0 Å². The van der Waals surface area contributed by atoms with Gasteiger partial charge in [0.25, 0.3) is 0 Å². The molecular formula is C11H21N5. The Morgan fingerprint density at radius 2 is 2.31 bits per heavy atom. The molecule has 0 aromatic carbocycles. The van der Waals surface area contributed by atoms with E-state index in [1.807, 2.05) is 4.68 Å². The van der Waals surface area contributed by atoms with Crippen molar-refractivity contribution in [3.8, 4) is 0 Å². The van der Waals surface area contributed by atoms with Gasteiger partial charge in [0, 0.05) is 19.1 Å². The van der Waals surface area contributed by atoms with E-state index >= 15 is 0 Å². The summed E-state index contributed by atoms with van der Waals surface area (Å²) in [6.45, 7) is 7.32. The van der Waals surface area contributed by atoms with Gasteiger partial charge in [-0.2, -0.15) is 5.10 Å². The van der Waals surface area contributed by atoms with Crippen molar-refractivity contribution in [1.29, 1.82) is 0 Å². The first-order valence-corrected chi connectivity index (χ1v) is 6.15. The zero-order valence-electron chi connectivity index (χ0n) is 10.1. The molecule has 1 aliphatic rings. The third kappa shape index (κ3) is 1.97. The van der Waals surface area contributed by atoms with Crippen molar-refractivity contribution in [3.05, 3.63) is 12.2 Å². The summed E-state index contributed by atoms with van der Waals surface area (Å²) >= 11 is 0. The van der Waals surface area contributed by atoms with Gasteiger partial charge in [0.1, 0.15) is 12.2 Å². The molecule has 0 radical (unpaired) electrons. The Bertz CT molecular complexity index is 333. The molecule has 90 valence electrons. The van der Waals surface area contributed by atoms with Crippen molar-refractivity contribution in [2.45, 2.75) is 45.3 Å². The van der Waals surface area contributed by atoms with E-state index in [4.69, 9.17) is 5.73 Å². The van der Waals surface area contributed by atoms with Gasteiger partial charge in [-0.15, -0.1) is 0 Å². The second-order valence-electron chi connectivity index (χ2n) is 4.37. The van der Waals surface area contributed by atoms with Gasteiger partial charge in [0.2, 0.25) is 0 Å². The Balaban J connectivity index is 2.22. The Hall–Kier alpha value is -0.940. The minimum atomic E-state index is 0.195. The van der Waals surface area contributed by atoms with Gasteiger partial charge in [-0.1, -0.05) is 6.92 Å². The first-order valence-electron chi connectivity index (χ1n) is 6.15. The van der Waals surface area contributed by atoms with Gasteiger partial charge in [-0.25, -0.2) is 9.67 Å². The molecule has 0 saturated carbocycles. The SMILES string of the molecule is CCCN1CC[C@H](N)[C@H]1c1ncnn1CC. The minimum absolute atomic E-state index is 0.195. The second-order valence-corrected chi connectivity index (χ2v) is 4.37. The van der Waals surface area contributed by atoms with E-state index in [9.17, 15) is 0 Å². The molecule has 2 atom stereocenters. The van der Waals surface area contributed by atoms with E-state index in [0.29, 0.717) is 0 Å². The van der Waals surface area contributed by atoms with Crippen LogP contribution >= 0.6 is 0 Å².